The zero-order chi connectivity index (χ0) is 19.9. The van der Waals surface area contributed by atoms with Gasteiger partial charge in [0.15, 0.2) is 0 Å². The van der Waals surface area contributed by atoms with Crippen LogP contribution in [-0.2, 0) is 0 Å². The van der Waals surface area contributed by atoms with E-state index in [0.717, 1.165) is 16.9 Å². The second-order valence-corrected chi connectivity index (χ2v) is 7.09. The van der Waals surface area contributed by atoms with Gasteiger partial charge in [-0.2, -0.15) is 0 Å². The highest BCUT2D eigenvalue weighted by Gasteiger charge is 2.18. The lowest BCUT2D eigenvalue weighted by Gasteiger charge is -2.11. The number of rotatable bonds is 7. The molecule has 0 spiro atoms. The first-order valence-corrected chi connectivity index (χ1v) is 9.50. The molecule has 28 heavy (non-hydrogen) atoms. The molecule has 0 aliphatic rings. The summed E-state index contributed by atoms with van der Waals surface area (Å²) in [5.74, 6) is 0.0941. The average Bonchev–Trinajstić information content (AvgIpc) is 3.23. The molecule has 144 valence electrons. The largest absolute Gasteiger partial charge is 0.497 e. The van der Waals surface area contributed by atoms with E-state index < -0.39 is 5.91 Å². The number of carbonyl (C=O) groups is 2. The highest BCUT2D eigenvalue weighted by atomic mass is 32.1. The van der Waals surface area contributed by atoms with E-state index in [1.54, 1.807) is 31.4 Å². The molecule has 0 fully saturated rings. The Morgan fingerprint density at radius 3 is 2.29 bits per heavy atom. The van der Waals surface area contributed by atoms with Gasteiger partial charge in [-0.3, -0.25) is 9.59 Å². The van der Waals surface area contributed by atoms with Crippen molar-refractivity contribution in [3.05, 3.63) is 70.2 Å². The molecule has 8 heteroatoms. The molecule has 0 aliphatic carbocycles. The van der Waals surface area contributed by atoms with Crippen LogP contribution in [-0.4, -0.2) is 35.7 Å². The van der Waals surface area contributed by atoms with Crippen LogP contribution in [0.15, 0.2) is 54.6 Å². The monoisotopic (exact) mass is 396 g/mol. The van der Waals surface area contributed by atoms with Crippen molar-refractivity contribution in [3.63, 3.8) is 0 Å². The molecule has 2 aromatic carbocycles. The first kappa shape index (κ1) is 19.5. The maximum absolute atomic E-state index is 12.3. The Kier molecular flexibility index (Phi) is 6.33. The summed E-state index contributed by atoms with van der Waals surface area (Å²) in [7, 11) is 1.57. The van der Waals surface area contributed by atoms with Gasteiger partial charge in [-0.25, -0.2) is 0 Å². The molecule has 0 unspecified atom stereocenters. The maximum Gasteiger partial charge on any atom is 0.286 e. The van der Waals surface area contributed by atoms with Crippen LogP contribution in [0, 0.1) is 0 Å². The summed E-state index contributed by atoms with van der Waals surface area (Å²) in [4.78, 5) is 24.6. The van der Waals surface area contributed by atoms with E-state index in [1.807, 2.05) is 37.3 Å². The van der Waals surface area contributed by atoms with Crippen molar-refractivity contribution in [1.29, 1.82) is 0 Å². The molecule has 2 amide bonds. The summed E-state index contributed by atoms with van der Waals surface area (Å²) in [6, 6.07) is 16.8. The number of nitrogens with zero attached hydrogens (tertiary/aromatic N) is 2. The minimum absolute atomic E-state index is 0.122. The van der Waals surface area contributed by atoms with Gasteiger partial charge in [0.2, 0.25) is 10.0 Å². The van der Waals surface area contributed by atoms with Crippen LogP contribution < -0.4 is 15.4 Å². The fraction of sp³-hybridized carbons (Fsp3) is 0.200. The Bertz CT molecular complexity index is 942. The van der Waals surface area contributed by atoms with Gasteiger partial charge >= 0.3 is 0 Å². The third kappa shape index (κ3) is 4.92. The number of ether oxygens (including phenoxy) is 1. The van der Waals surface area contributed by atoms with E-state index in [0.29, 0.717) is 18.0 Å². The zero-order valence-corrected chi connectivity index (χ0v) is 16.3. The highest BCUT2D eigenvalue weighted by molar-refractivity contribution is 7.15. The van der Waals surface area contributed by atoms with E-state index in [2.05, 4.69) is 20.8 Å². The Balaban J connectivity index is 1.56. The van der Waals surface area contributed by atoms with Gasteiger partial charge in [-0.1, -0.05) is 48.6 Å². The standard InChI is InChI=1S/C20H20N4O3S/c1-13(14-6-4-3-5-7-14)12-21-17(25)19-23-24-20(28-19)18(26)22-15-8-10-16(27-2)11-9-15/h3-11,13H,12H2,1-2H3,(H,21,25)(H,22,26)/t13-/m1/s1. The molecule has 3 aromatic rings. The first-order chi connectivity index (χ1) is 13.6. The summed E-state index contributed by atoms with van der Waals surface area (Å²) in [6.45, 7) is 2.50. The van der Waals surface area contributed by atoms with Gasteiger partial charge < -0.3 is 15.4 Å². The predicted octanol–water partition coefficient (Wildman–Crippen LogP) is 3.33. The number of hydrogen-bond acceptors (Lipinski definition) is 6. The second-order valence-electron chi connectivity index (χ2n) is 6.12. The summed E-state index contributed by atoms with van der Waals surface area (Å²) in [5, 5.41) is 13.5. The van der Waals surface area contributed by atoms with Gasteiger partial charge in [0.1, 0.15) is 5.75 Å². The second kappa shape index (κ2) is 9.09. The minimum atomic E-state index is -0.417. The first-order valence-electron chi connectivity index (χ1n) is 8.69. The molecule has 0 aliphatic heterocycles. The molecule has 3 rings (SSSR count). The number of hydrogen-bond donors (Lipinski definition) is 2. The van der Waals surface area contributed by atoms with Gasteiger partial charge in [0, 0.05) is 12.2 Å². The van der Waals surface area contributed by atoms with Crippen molar-refractivity contribution < 1.29 is 14.3 Å². The molecule has 1 aromatic heterocycles. The van der Waals surface area contributed by atoms with Crippen molar-refractivity contribution in [1.82, 2.24) is 15.5 Å². The number of carbonyl (C=O) groups excluding carboxylic acids is 2. The molecule has 0 saturated carbocycles. The van der Waals surface area contributed by atoms with Crippen LogP contribution in [0.1, 0.15) is 38.0 Å². The number of benzene rings is 2. The SMILES string of the molecule is COc1ccc(NC(=O)c2nnc(C(=O)NC[C@@H](C)c3ccccc3)s2)cc1. The number of amides is 2. The van der Waals surface area contributed by atoms with Gasteiger partial charge in [0.25, 0.3) is 11.8 Å². The summed E-state index contributed by atoms with van der Waals surface area (Å²) in [6.07, 6.45) is 0. The minimum Gasteiger partial charge on any atom is -0.497 e. The Morgan fingerprint density at radius 1 is 1.00 bits per heavy atom. The number of aromatic nitrogens is 2. The van der Waals surface area contributed by atoms with E-state index in [1.165, 1.54) is 0 Å². The Hall–Kier alpha value is -3.26. The zero-order valence-electron chi connectivity index (χ0n) is 15.5. The van der Waals surface area contributed by atoms with Crippen LogP contribution in [0.25, 0.3) is 0 Å². The fourth-order valence-corrected chi connectivity index (χ4v) is 3.14. The van der Waals surface area contributed by atoms with Crippen molar-refractivity contribution in [2.24, 2.45) is 0 Å². The molecule has 0 bridgehead atoms. The summed E-state index contributed by atoms with van der Waals surface area (Å²) < 4.78 is 5.08. The quantitative estimate of drug-likeness (QED) is 0.639. The third-order valence-corrected chi connectivity index (χ3v) is 5.02. The lowest BCUT2D eigenvalue weighted by atomic mass is 10.0. The molecule has 7 nitrogen and oxygen atoms in total. The van der Waals surface area contributed by atoms with Gasteiger partial charge in [-0.15, -0.1) is 10.2 Å². The molecule has 0 saturated heterocycles. The van der Waals surface area contributed by atoms with E-state index >= 15 is 0 Å². The molecular weight excluding hydrogens is 376 g/mol. The third-order valence-electron chi connectivity index (χ3n) is 4.10. The predicted molar refractivity (Wildman–Crippen MR) is 108 cm³/mol. The topological polar surface area (TPSA) is 93.2 Å². The van der Waals surface area contributed by atoms with E-state index in [4.69, 9.17) is 4.74 Å². The molecule has 1 atom stereocenters. The van der Waals surface area contributed by atoms with Crippen molar-refractivity contribution in [2.45, 2.75) is 12.8 Å². The maximum atomic E-state index is 12.3. The summed E-state index contributed by atoms with van der Waals surface area (Å²) >= 11 is 0.952. The van der Waals surface area contributed by atoms with Gasteiger partial charge in [0.05, 0.1) is 7.11 Å². The normalized spacial score (nSPS) is 11.5. The molecular formula is C20H20N4O3S. The van der Waals surface area contributed by atoms with Gasteiger partial charge in [-0.05, 0) is 35.7 Å². The van der Waals surface area contributed by atoms with Crippen molar-refractivity contribution in [2.75, 3.05) is 19.0 Å². The Labute approximate surface area is 166 Å². The number of methoxy groups -OCH3 is 1. The van der Waals surface area contributed by atoms with Crippen molar-refractivity contribution >= 4 is 28.8 Å². The van der Waals surface area contributed by atoms with Crippen molar-refractivity contribution in [3.8, 4) is 5.75 Å². The van der Waals surface area contributed by atoms with Crippen LogP contribution >= 0.6 is 11.3 Å². The van der Waals surface area contributed by atoms with E-state index in [9.17, 15) is 9.59 Å². The van der Waals surface area contributed by atoms with Crippen LogP contribution in [0.3, 0.4) is 0 Å². The summed E-state index contributed by atoms with van der Waals surface area (Å²) in [5.41, 5.74) is 1.74. The smallest absolute Gasteiger partial charge is 0.286 e. The fourth-order valence-electron chi connectivity index (χ4n) is 2.49. The van der Waals surface area contributed by atoms with E-state index in [-0.39, 0.29) is 21.8 Å². The molecule has 1 heterocycles. The number of anilines is 1. The number of nitrogens with one attached hydrogen (secondary N) is 2. The average molecular weight is 396 g/mol. The lowest BCUT2D eigenvalue weighted by Crippen LogP contribution is -2.27. The molecule has 0 radical (unpaired) electrons. The molecule has 2 N–H and O–H groups in total. The Morgan fingerprint density at radius 2 is 1.64 bits per heavy atom. The highest BCUT2D eigenvalue weighted by Crippen LogP contribution is 2.18. The lowest BCUT2D eigenvalue weighted by molar-refractivity contribution is 0.0949. The van der Waals surface area contributed by atoms with Crippen LogP contribution in [0.2, 0.25) is 0 Å². The van der Waals surface area contributed by atoms with Crippen LogP contribution in [0.4, 0.5) is 5.69 Å². The van der Waals surface area contributed by atoms with Crippen LogP contribution in [0.5, 0.6) is 5.75 Å².